The summed E-state index contributed by atoms with van der Waals surface area (Å²) >= 11 is 0. The zero-order valence-electron chi connectivity index (χ0n) is 8.24. The van der Waals surface area contributed by atoms with Gasteiger partial charge >= 0.3 is 5.97 Å². The average Bonchev–Trinajstić information content (AvgIpc) is 2.20. The van der Waals surface area contributed by atoms with Crippen molar-refractivity contribution in [3.8, 4) is 5.75 Å². The minimum Gasteiger partial charge on any atom is -0.507 e. The Morgan fingerprint density at radius 2 is 2.33 bits per heavy atom. The molecular formula is C11H11FO3. The number of carbonyl (C=O) groups is 1. The predicted octanol–water partition coefficient (Wildman–Crippen LogP) is 2.11. The maximum absolute atomic E-state index is 12.8. The molecule has 1 aromatic carbocycles. The van der Waals surface area contributed by atoms with E-state index in [2.05, 4.69) is 4.74 Å². The van der Waals surface area contributed by atoms with Gasteiger partial charge in [0.25, 0.3) is 0 Å². The van der Waals surface area contributed by atoms with E-state index >= 15 is 0 Å². The normalized spacial score (nSPS) is 10.5. The first kappa shape index (κ1) is 11.2. The van der Waals surface area contributed by atoms with Crippen LogP contribution in [0.15, 0.2) is 24.3 Å². The second kappa shape index (κ2) is 5.14. The third-order valence-electron chi connectivity index (χ3n) is 1.68. The lowest BCUT2D eigenvalue weighted by Crippen LogP contribution is -1.98. The van der Waals surface area contributed by atoms with Gasteiger partial charge in [-0.3, -0.25) is 0 Å². The maximum Gasteiger partial charge on any atom is 0.330 e. The van der Waals surface area contributed by atoms with E-state index in [1.807, 2.05) is 0 Å². The smallest absolute Gasteiger partial charge is 0.330 e. The number of esters is 1. The average molecular weight is 210 g/mol. The second-order valence-electron chi connectivity index (χ2n) is 2.79. The molecule has 0 fully saturated rings. The zero-order valence-corrected chi connectivity index (χ0v) is 8.24. The Balaban J connectivity index is 2.79. The molecule has 0 bridgehead atoms. The fraction of sp³-hybridized carbons (Fsp3) is 0.182. The van der Waals surface area contributed by atoms with Crippen LogP contribution in [0.5, 0.6) is 5.75 Å². The molecule has 0 aliphatic heterocycles. The van der Waals surface area contributed by atoms with Crippen molar-refractivity contribution in [3.63, 3.8) is 0 Å². The number of halogens is 1. The Bertz CT molecular complexity index is 385. The number of phenolic OH excluding ortho intramolecular Hbond substituents is 1. The standard InChI is InChI=1S/C11H11FO3/c1-2-15-11(14)6-3-8-7-9(12)4-5-10(8)13/h3-7,13H,2H2,1H3/b6-3-. The van der Waals surface area contributed by atoms with Gasteiger partial charge in [0.1, 0.15) is 11.6 Å². The molecule has 0 unspecified atom stereocenters. The molecule has 0 heterocycles. The molecule has 15 heavy (non-hydrogen) atoms. The highest BCUT2D eigenvalue weighted by atomic mass is 19.1. The Kier molecular flexibility index (Phi) is 3.85. The molecule has 4 heteroatoms. The molecule has 0 aromatic heterocycles. The monoisotopic (exact) mass is 210 g/mol. The number of hydrogen-bond acceptors (Lipinski definition) is 3. The summed E-state index contributed by atoms with van der Waals surface area (Å²) in [5.74, 6) is -1.09. The molecule has 0 amide bonds. The topological polar surface area (TPSA) is 46.5 Å². The van der Waals surface area contributed by atoms with Crippen LogP contribution in [0.4, 0.5) is 4.39 Å². The Hall–Kier alpha value is -1.84. The van der Waals surface area contributed by atoms with Crippen LogP contribution in [0, 0.1) is 5.82 Å². The van der Waals surface area contributed by atoms with E-state index in [4.69, 9.17) is 0 Å². The molecule has 1 rings (SSSR count). The van der Waals surface area contributed by atoms with Crippen molar-refractivity contribution in [2.45, 2.75) is 6.92 Å². The number of hydrogen-bond donors (Lipinski definition) is 1. The van der Waals surface area contributed by atoms with Crippen LogP contribution in [-0.4, -0.2) is 17.7 Å². The van der Waals surface area contributed by atoms with Gasteiger partial charge in [0, 0.05) is 11.6 Å². The molecule has 0 aliphatic carbocycles. The summed E-state index contributed by atoms with van der Waals surface area (Å²) in [5.41, 5.74) is 0.239. The van der Waals surface area contributed by atoms with Gasteiger partial charge in [-0.25, -0.2) is 9.18 Å². The van der Waals surface area contributed by atoms with Crippen molar-refractivity contribution in [1.82, 2.24) is 0 Å². The molecule has 0 atom stereocenters. The Labute approximate surface area is 86.8 Å². The van der Waals surface area contributed by atoms with E-state index in [9.17, 15) is 14.3 Å². The van der Waals surface area contributed by atoms with E-state index in [1.165, 1.54) is 12.1 Å². The SMILES string of the molecule is CCOC(=O)/C=C\c1cc(F)ccc1O. The minimum atomic E-state index is -0.527. The summed E-state index contributed by atoms with van der Waals surface area (Å²) in [6.45, 7) is 1.96. The number of rotatable bonds is 3. The first-order chi connectivity index (χ1) is 7.13. The van der Waals surface area contributed by atoms with Gasteiger partial charge in [-0.15, -0.1) is 0 Å². The number of benzene rings is 1. The first-order valence-corrected chi connectivity index (χ1v) is 4.47. The van der Waals surface area contributed by atoms with Crippen molar-refractivity contribution in [2.75, 3.05) is 6.61 Å². The molecule has 1 N–H and O–H groups in total. The lowest BCUT2D eigenvalue weighted by Gasteiger charge is -1.98. The van der Waals surface area contributed by atoms with Gasteiger partial charge in [-0.2, -0.15) is 0 Å². The molecule has 0 saturated carbocycles. The quantitative estimate of drug-likeness (QED) is 0.614. The molecule has 3 nitrogen and oxygen atoms in total. The van der Waals surface area contributed by atoms with Gasteiger partial charge in [0.05, 0.1) is 6.61 Å². The Morgan fingerprint density at radius 3 is 3.00 bits per heavy atom. The largest absolute Gasteiger partial charge is 0.507 e. The van der Waals surface area contributed by atoms with E-state index in [0.717, 1.165) is 18.2 Å². The van der Waals surface area contributed by atoms with Crippen molar-refractivity contribution in [3.05, 3.63) is 35.7 Å². The van der Waals surface area contributed by atoms with Crippen LogP contribution in [0.1, 0.15) is 12.5 Å². The molecular weight excluding hydrogens is 199 g/mol. The maximum atomic E-state index is 12.8. The molecule has 0 radical (unpaired) electrons. The number of ether oxygens (including phenoxy) is 1. The molecule has 80 valence electrons. The predicted molar refractivity (Wildman–Crippen MR) is 53.7 cm³/mol. The van der Waals surface area contributed by atoms with Crippen molar-refractivity contribution in [1.29, 1.82) is 0 Å². The molecule has 0 aliphatic rings. The first-order valence-electron chi connectivity index (χ1n) is 4.47. The van der Waals surface area contributed by atoms with Crippen LogP contribution in [-0.2, 0) is 9.53 Å². The summed E-state index contributed by atoms with van der Waals surface area (Å²) < 4.78 is 17.4. The van der Waals surface area contributed by atoms with E-state index in [0.29, 0.717) is 0 Å². The van der Waals surface area contributed by atoms with Gasteiger partial charge in [-0.1, -0.05) is 0 Å². The number of carbonyl (C=O) groups excluding carboxylic acids is 1. The second-order valence-corrected chi connectivity index (χ2v) is 2.79. The summed E-state index contributed by atoms with van der Waals surface area (Å²) in [6.07, 6.45) is 2.44. The molecule has 1 aromatic rings. The third-order valence-corrected chi connectivity index (χ3v) is 1.68. The number of phenols is 1. The highest BCUT2D eigenvalue weighted by molar-refractivity contribution is 5.87. The van der Waals surface area contributed by atoms with Crippen LogP contribution in [0.25, 0.3) is 6.08 Å². The van der Waals surface area contributed by atoms with Crippen LogP contribution >= 0.6 is 0 Å². The summed E-state index contributed by atoms with van der Waals surface area (Å²) in [5, 5.41) is 9.31. The molecule has 0 spiro atoms. The zero-order chi connectivity index (χ0) is 11.3. The van der Waals surface area contributed by atoms with E-state index < -0.39 is 11.8 Å². The Morgan fingerprint density at radius 1 is 1.60 bits per heavy atom. The van der Waals surface area contributed by atoms with Gasteiger partial charge in [0.15, 0.2) is 0 Å². The van der Waals surface area contributed by atoms with E-state index in [-0.39, 0.29) is 17.9 Å². The molecule has 0 saturated heterocycles. The summed E-state index contributed by atoms with van der Waals surface area (Å²) in [4.78, 5) is 10.9. The van der Waals surface area contributed by atoms with Crippen molar-refractivity contribution in [2.24, 2.45) is 0 Å². The van der Waals surface area contributed by atoms with Crippen molar-refractivity contribution < 1.29 is 19.0 Å². The minimum absolute atomic E-state index is 0.0862. The fourth-order valence-corrected chi connectivity index (χ4v) is 1.01. The van der Waals surface area contributed by atoms with Crippen LogP contribution < -0.4 is 0 Å². The van der Waals surface area contributed by atoms with Crippen LogP contribution in [0.3, 0.4) is 0 Å². The lowest BCUT2D eigenvalue weighted by atomic mass is 10.2. The highest BCUT2D eigenvalue weighted by Crippen LogP contribution is 2.19. The highest BCUT2D eigenvalue weighted by Gasteiger charge is 2.00. The lowest BCUT2D eigenvalue weighted by molar-refractivity contribution is -0.137. The van der Waals surface area contributed by atoms with Gasteiger partial charge in [0.2, 0.25) is 0 Å². The fourth-order valence-electron chi connectivity index (χ4n) is 1.01. The van der Waals surface area contributed by atoms with Gasteiger partial charge < -0.3 is 9.84 Å². The summed E-state index contributed by atoms with van der Waals surface area (Å²) in [6, 6.07) is 3.49. The van der Waals surface area contributed by atoms with Crippen molar-refractivity contribution >= 4 is 12.0 Å². The van der Waals surface area contributed by atoms with E-state index in [1.54, 1.807) is 6.92 Å². The van der Waals surface area contributed by atoms with Crippen LogP contribution in [0.2, 0.25) is 0 Å². The number of aromatic hydroxyl groups is 1. The third kappa shape index (κ3) is 3.42. The summed E-state index contributed by atoms with van der Waals surface area (Å²) in [7, 11) is 0. The van der Waals surface area contributed by atoms with Gasteiger partial charge in [-0.05, 0) is 31.2 Å².